The van der Waals surface area contributed by atoms with Crippen molar-refractivity contribution in [3.05, 3.63) is 47.2 Å². The van der Waals surface area contributed by atoms with Crippen LogP contribution in [0.2, 0.25) is 0 Å². The average Bonchev–Trinajstić information content (AvgIpc) is 3.13. The molecule has 0 fully saturated rings. The summed E-state index contributed by atoms with van der Waals surface area (Å²) in [7, 11) is 3.74. The smallest absolute Gasteiger partial charge is 0.191 e. The molecule has 0 aliphatic rings. The number of fused-ring (bicyclic) bond motifs is 1. The van der Waals surface area contributed by atoms with Gasteiger partial charge in [-0.05, 0) is 38.0 Å². The SMILES string of the molecule is CN=C(NCCc1c(C)nn(C)c1C)NCc1nnc2ccccn12.I. The van der Waals surface area contributed by atoms with Gasteiger partial charge in [0.25, 0.3) is 0 Å². The molecule has 9 heteroatoms. The molecule has 3 aromatic heterocycles. The third-order valence-electron chi connectivity index (χ3n) is 4.35. The Hall–Kier alpha value is -2.17. The third-order valence-corrected chi connectivity index (χ3v) is 4.35. The Labute approximate surface area is 170 Å². The molecule has 0 amide bonds. The van der Waals surface area contributed by atoms with Gasteiger partial charge in [0, 0.05) is 32.5 Å². The highest BCUT2D eigenvalue weighted by molar-refractivity contribution is 14.0. The van der Waals surface area contributed by atoms with E-state index in [1.807, 2.05) is 47.4 Å². The van der Waals surface area contributed by atoms with Crippen LogP contribution in [0.3, 0.4) is 0 Å². The second-order valence-electron chi connectivity index (χ2n) is 5.92. The molecule has 0 unspecified atom stereocenters. The molecule has 2 N–H and O–H groups in total. The van der Waals surface area contributed by atoms with Gasteiger partial charge < -0.3 is 10.6 Å². The van der Waals surface area contributed by atoms with E-state index in [0.717, 1.165) is 36.1 Å². The average molecular weight is 468 g/mol. The number of halogens is 1. The second kappa shape index (κ2) is 8.97. The van der Waals surface area contributed by atoms with Gasteiger partial charge in [0.2, 0.25) is 0 Å². The third kappa shape index (κ3) is 4.32. The Bertz CT molecular complexity index is 895. The molecule has 8 nitrogen and oxygen atoms in total. The van der Waals surface area contributed by atoms with E-state index in [4.69, 9.17) is 0 Å². The lowest BCUT2D eigenvalue weighted by atomic mass is 10.1. The molecule has 3 rings (SSSR count). The summed E-state index contributed by atoms with van der Waals surface area (Å²) in [4.78, 5) is 4.26. The lowest BCUT2D eigenvalue weighted by Gasteiger charge is -2.11. The Morgan fingerprint density at radius 2 is 2.00 bits per heavy atom. The molecule has 0 saturated carbocycles. The van der Waals surface area contributed by atoms with Gasteiger partial charge in [-0.2, -0.15) is 5.10 Å². The molecule has 26 heavy (non-hydrogen) atoms. The van der Waals surface area contributed by atoms with E-state index in [2.05, 4.69) is 37.8 Å². The van der Waals surface area contributed by atoms with E-state index in [1.54, 1.807) is 7.05 Å². The van der Waals surface area contributed by atoms with Crippen molar-refractivity contribution in [3.8, 4) is 0 Å². The summed E-state index contributed by atoms with van der Waals surface area (Å²) in [6.07, 6.45) is 2.86. The van der Waals surface area contributed by atoms with Crippen molar-refractivity contribution in [2.24, 2.45) is 12.0 Å². The fourth-order valence-electron chi connectivity index (χ4n) is 2.88. The van der Waals surface area contributed by atoms with Crippen molar-refractivity contribution >= 4 is 35.6 Å². The first-order valence-electron chi connectivity index (χ1n) is 8.32. The standard InChI is InChI=1S/C17H24N8.HI/c1-12-14(13(2)24(4)23-12)8-9-19-17(18-3)20-11-16-22-21-15-7-5-6-10-25(15)16;/h5-7,10H,8-9,11H2,1-4H3,(H2,18,19,20);1H. The number of guanidine groups is 1. The zero-order valence-electron chi connectivity index (χ0n) is 15.5. The number of nitrogens with zero attached hydrogens (tertiary/aromatic N) is 6. The summed E-state index contributed by atoms with van der Waals surface area (Å²) < 4.78 is 3.89. The van der Waals surface area contributed by atoms with Crippen molar-refractivity contribution in [1.29, 1.82) is 0 Å². The zero-order chi connectivity index (χ0) is 17.8. The van der Waals surface area contributed by atoms with Crippen LogP contribution in [-0.4, -0.2) is 43.9 Å². The predicted octanol–water partition coefficient (Wildman–Crippen LogP) is 1.61. The highest BCUT2D eigenvalue weighted by Crippen LogP contribution is 2.11. The molecule has 0 atom stereocenters. The number of hydrogen-bond acceptors (Lipinski definition) is 4. The largest absolute Gasteiger partial charge is 0.356 e. The van der Waals surface area contributed by atoms with Gasteiger partial charge in [-0.3, -0.25) is 14.1 Å². The molecule has 0 saturated heterocycles. The highest BCUT2D eigenvalue weighted by Gasteiger charge is 2.09. The maximum Gasteiger partial charge on any atom is 0.191 e. The first kappa shape index (κ1) is 20.1. The number of hydrogen-bond donors (Lipinski definition) is 2. The van der Waals surface area contributed by atoms with E-state index in [1.165, 1.54) is 11.3 Å². The number of pyridine rings is 1. The van der Waals surface area contributed by atoms with Gasteiger partial charge in [-0.15, -0.1) is 34.2 Å². The summed E-state index contributed by atoms with van der Waals surface area (Å²) >= 11 is 0. The van der Waals surface area contributed by atoms with Crippen LogP contribution >= 0.6 is 24.0 Å². The lowest BCUT2D eigenvalue weighted by molar-refractivity contribution is 0.728. The Morgan fingerprint density at radius 1 is 1.19 bits per heavy atom. The molecule has 140 valence electrons. The van der Waals surface area contributed by atoms with Crippen LogP contribution in [0.4, 0.5) is 0 Å². The van der Waals surface area contributed by atoms with Crippen LogP contribution in [-0.2, 0) is 20.0 Å². The molecule has 0 aliphatic heterocycles. The van der Waals surface area contributed by atoms with Gasteiger partial charge in [-0.25, -0.2) is 0 Å². The molecule has 0 radical (unpaired) electrons. The van der Waals surface area contributed by atoms with Crippen molar-refractivity contribution in [2.45, 2.75) is 26.8 Å². The van der Waals surface area contributed by atoms with Gasteiger partial charge in [0.1, 0.15) is 0 Å². The molecule has 3 aromatic rings. The fraction of sp³-hybridized carbons (Fsp3) is 0.412. The second-order valence-corrected chi connectivity index (χ2v) is 5.92. The van der Waals surface area contributed by atoms with Crippen LogP contribution in [0, 0.1) is 13.8 Å². The minimum Gasteiger partial charge on any atom is -0.356 e. The molecule has 3 heterocycles. The highest BCUT2D eigenvalue weighted by atomic mass is 127. The maximum absolute atomic E-state index is 4.45. The van der Waals surface area contributed by atoms with Crippen LogP contribution in [0.1, 0.15) is 22.8 Å². The number of rotatable bonds is 5. The molecular formula is C17H25IN8. The number of nitrogens with one attached hydrogen (secondary N) is 2. The van der Waals surface area contributed by atoms with Gasteiger partial charge in [0.15, 0.2) is 17.4 Å². The van der Waals surface area contributed by atoms with Crippen molar-refractivity contribution in [2.75, 3.05) is 13.6 Å². The van der Waals surface area contributed by atoms with Crippen LogP contribution in [0.15, 0.2) is 29.4 Å². The fourth-order valence-corrected chi connectivity index (χ4v) is 2.88. The quantitative estimate of drug-likeness (QED) is 0.338. The van der Waals surface area contributed by atoms with E-state index < -0.39 is 0 Å². The number of aliphatic imine (C=N–C) groups is 1. The van der Waals surface area contributed by atoms with E-state index in [-0.39, 0.29) is 24.0 Å². The summed E-state index contributed by atoms with van der Waals surface area (Å²) in [5.74, 6) is 1.59. The molecule has 0 bridgehead atoms. The number of aryl methyl sites for hydroxylation is 2. The van der Waals surface area contributed by atoms with Gasteiger partial charge >= 0.3 is 0 Å². The molecular weight excluding hydrogens is 443 g/mol. The summed E-state index contributed by atoms with van der Waals surface area (Å²) in [5, 5.41) is 19.4. The Morgan fingerprint density at radius 3 is 2.69 bits per heavy atom. The summed E-state index contributed by atoms with van der Waals surface area (Å²) in [5.41, 5.74) is 4.41. The lowest BCUT2D eigenvalue weighted by Crippen LogP contribution is -2.38. The monoisotopic (exact) mass is 468 g/mol. The van der Waals surface area contributed by atoms with Crippen LogP contribution in [0.5, 0.6) is 0 Å². The van der Waals surface area contributed by atoms with E-state index in [9.17, 15) is 0 Å². The van der Waals surface area contributed by atoms with E-state index >= 15 is 0 Å². The van der Waals surface area contributed by atoms with Gasteiger partial charge in [-0.1, -0.05) is 6.07 Å². The Balaban J connectivity index is 0.00000243. The zero-order valence-corrected chi connectivity index (χ0v) is 17.9. The minimum atomic E-state index is 0. The van der Waals surface area contributed by atoms with Crippen molar-refractivity contribution < 1.29 is 0 Å². The van der Waals surface area contributed by atoms with Gasteiger partial charge in [0.05, 0.1) is 12.2 Å². The summed E-state index contributed by atoms with van der Waals surface area (Å²) in [6, 6.07) is 5.84. The molecule has 0 spiro atoms. The maximum atomic E-state index is 4.45. The van der Waals surface area contributed by atoms with E-state index in [0.29, 0.717) is 6.54 Å². The van der Waals surface area contributed by atoms with Crippen LogP contribution < -0.4 is 10.6 Å². The van der Waals surface area contributed by atoms with Crippen LogP contribution in [0.25, 0.3) is 5.65 Å². The predicted molar refractivity (Wildman–Crippen MR) is 113 cm³/mol. The van der Waals surface area contributed by atoms with Crippen molar-refractivity contribution in [3.63, 3.8) is 0 Å². The molecule has 0 aliphatic carbocycles. The minimum absolute atomic E-state index is 0. The summed E-state index contributed by atoms with van der Waals surface area (Å²) in [6.45, 7) is 5.48. The van der Waals surface area contributed by atoms with Crippen molar-refractivity contribution in [1.82, 2.24) is 35.0 Å². The molecule has 0 aromatic carbocycles. The topological polar surface area (TPSA) is 84.4 Å². The number of aromatic nitrogens is 5. The Kier molecular flexibility index (Phi) is 6.95. The normalized spacial score (nSPS) is 11.5. The first-order valence-corrected chi connectivity index (χ1v) is 8.32. The first-order chi connectivity index (χ1) is 12.1.